The topological polar surface area (TPSA) is 107 Å². The van der Waals surface area contributed by atoms with E-state index < -0.39 is 34.6 Å². The van der Waals surface area contributed by atoms with Gasteiger partial charge in [0.25, 0.3) is 5.56 Å². The quantitative estimate of drug-likeness (QED) is 0.365. The SMILES string of the molecule is CC(C)(C)OC(=O)N1CCC(O)(Cn2cnc3c(cc(Cl)n3-c3cccc(-n4cc(C(F)(F)F)cn4)c3)c2=O)CC1. The molecule has 1 N–H and O–H groups in total. The predicted molar refractivity (Wildman–Crippen MR) is 144 cm³/mol. The van der Waals surface area contributed by atoms with E-state index in [2.05, 4.69) is 10.1 Å². The summed E-state index contributed by atoms with van der Waals surface area (Å²) >= 11 is 6.50. The van der Waals surface area contributed by atoms with Crippen LogP contribution < -0.4 is 5.56 Å². The Kier molecular flexibility index (Phi) is 7.14. The average Bonchev–Trinajstić information content (AvgIpc) is 3.51. The number of carbonyl (C=O) groups is 1. The van der Waals surface area contributed by atoms with Crippen molar-refractivity contribution in [1.82, 2.24) is 28.8 Å². The average molecular weight is 593 g/mol. The van der Waals surface area contributed by atoms with E-state index in [-0.39, 0.29) is 48.7 Å². The van der Waals surface area contributed by atoms with Gasteiger partial charge in [0.15, 0.2) is 5.65 Å². The predicted octanol–water partition coefficient (Wildman–Crippen LogP) is 4.81. The van der Waals surface area contributed by atoms with Crippen molar-refractivity contribution in [3.63, 3.8) is 0 Å². The van der Waals surface area contributed by atoms with Crippen LogP contribution in [0.4, 0.5) is 18.0 Å². The van der Waals surface area contributed by atoms with Crippen LogP contribution in [0.15, 0.2) is 53.8 Å². The summed E-state index contributed by atoms with van der Waals surface area (Å²) in [5, 5.41) is 15.4. The maximum atomic E-state index is 13.4. The molecule has 4 aromatic rings. The summed E-state index contributed by atoms with van der Waals surface area (Å²) in [4.78, 5) is 31.7. The number of benzene rings is 1. The van der Waals surface area contributed by atoms with E-state index in [1.165, 1.54) is 26.4 Å². The lowest BCUT2D eigenvalue weighted by Crippen LogP contribution is -2.50. The van der Waals surface area contributed by atoms with Crippen molar-refractivity contribution in [3.05, 3.63) is 70.1 Å². The lowest BCUT2D eigenvalue weighted by molar-refractivity contribution is -0.137. The first-order valence-corrected chi connectivity index (χ1v) is 13.2. The van der Waals surface area contributed by atoms with Gasteiger partial charge in [-0.05, 0) is 57.9 Å². The molecule has 1 aliphatic rings. The van der Waals surface area contributed by atoms with Crippen LogP contribution in [-0.2, 0) is 17.5 Å². The maximum Gasteiger partial charge on any atom is 0.419 e. The summed E-state index contributed by atoms with van der Waals surface area (Å²) in [5.41, 5.74) is -2.11. The first-order valence-electron chi connectivity index (χ1n) is 12.8. The Balaban J connectivity index is 1.38. The number of aliphatic hydroxyl groups is 1. The van der Waals surface area contributed by atoms with Gasteiger partial charge in [-0.25, -0.2) is 14.5 Å². The first kappa shape index (κ1) is 28.7. The van der Waals surface area contributed by atoms with Gasteiger partial charge in [0.2, 0.25) is 0 Å². The number of carbonyl (C=O) groups excluding carboxylic acids is 1. The van der Waals surface area contributed by atoms with E-state index in [9.17, 15) is 27.9 Å². The third-order valence-corrected chi connectivity index (χ3v) is 7.09. The molecule has 1 saturated heterocycles. The molecule has 1 aliphatic heterocycles. The summed E-state index contributed by atoms with van der Waals surface area (Å²) in [5.74, 6) is 0. The highest BCUT2D eigenvalue weighted by molar-refractivity contribution is 6.31. The fourth-order valence-electron chi connectivity index (χ4n) is 4.74. The molecule has 14 heteroatoms. The number of alkyl halides is 3. The molecule has 0 radical (unpaired) electrons. The second-order valence-electron chi connectivity index (χ2n) is 11.1. The second kappa shape index (κ2) is 10.2. The van der Waals surface area contributed by atoms with Crippen LogP contribution in [0.25, 0.3) is 22.4 Å². The zero-order valence-electron chi connectivity index (χ0n) is 22.5. The van der Waals surface area contributed by atoms with Crippen molar-refractivity contribution in [2.75, 3.05) is 13.1 Å². The van der Waals surface area contributed by atoms with Crippen LogP contribution in [0, 0.1) is 0 Å². The second-order valence-corrected chi connectivity index (χ2v) is 11.5. The number of hydrogen-bond acceptors (Lipinski definition) is 6. The zero-order chi connectivity index (χ0) is 29.7. The summed E-state index contributed by atoms with van der Waals surface area (Å²) in [6.45, 7) is 5.86. The van der Waals surface area contributed by atoms with Crippen molar-refractivity contribution in [3.8, 4) is 11.4 Å². The number of hydrogen-bond donors (Lipinski definition) is 1. The number of nitrogens with zero attached hydrogens (tertiary/aromatic N) is 6. The Labute approximate surface area is 237 Å². The summed E-state index contributed by atoms with van der Waals surface area (Å²) < 4.78 is 48.4. The van der Waals surface area contributed by atoms with Crippen molar-refractivity contribution in [1.29, 1.82) is 0 Å². The van der Waals surface area contributed by atoms with E-state index in [1.54, 1.807) is 45.0 Å². The number of amides is 1. The minimum absolute atomic E-state index is 0.0317. The minimum atomic E-state index is -4.53. The third kappa shape index (κ3) is 5.96. The molecular formula is C27H28ClF3N6O4. The monoisotopic (exact) mass is 592 g/mol. The molecule has 10 nitrogen and oxygen atoms in total. The molecule has 0 aliphatic carbocycles. The molecule has 41 heavy (non-hydrogen) atoms. The Morgan fingerprint density at radius 2 is 1.83 bits per heavy atom. The van der Waals surface area contributed by atoms with E-state index in [4.69, 9.17) is 16.3 Å². The van der Waals surface area contributed by atoms with Gasteiger partial charge in [0.05, 0.1) is 40.7 Å². The molecule has 0 unspecified atom stereocenters. The summed E-state index contributed by atoms with van der Waals surface area (Å²) in [6, 6.07) is 7.93. The van der Waals surface area contributed by atoms with Gasteiger partial charge in [-0.1, -0.05) is 17.7 Å². The van der Waals surface area contributed by atoms with Crippen LogP contribution in [0.2, 0.25) is 5.15 Å². The van der Waals surface area contributed by atoms with Crippen LogP contribution >= 0.6 is 11.6 Å². The van der Waals surface area contributed by atoms with E-state index in [0.29, 0.717) is 11.4 Å². The molecule has 0 bridgehead atoms. The lowest BCUT2D eigenvalue weighted by atomic mass is 9.91. The zero-order valence-corrected chi connectivity index (χ0v) is 23.3. The summed E-state index contributed by atoms with van der Waals surface area (Å²) in [6.07, 6.45) is -1.54. The largest absolute Gasteiger partial charge is 0.444 e. The molecule has 5 rings (SSSR count). The number of likely N-dealkylation sites (tertiary alicyclic amines) is 1. The van der Waals surface area contributed by atoms with Crippen molar-refractivity contribution in [2.45, 2.75) is 57.5 Å². The third-order valence-electron chi connectivity index (χ3n) is 6.81. The fourth-order valence-corrected chi connectivity index (χ4v) is 5.02. The molecule has 0 spiro atoms. The van der Waals surface area contributed by atoms with Crippen molar-refractivity contribution in [2.24, 2.45) is 0 Å². The Hall–Kier alpha value is -3.84. The standard InChI is InChI=1S/C27H28ClF3N6O4/c1-25(2,3)41-24(39)34-9-7-26(40,8-10-34)15-35-16-32-22-20(23(35)38)12-21(28)37(22)19-6-4-5-18(11-19)36-14-17(13-33-36)27(29,30)31/h4-6,11-14,16,40H,7-10,15H2,1-3H3. The molecule has 3 aromatic heterocycles. The molecule has 4 heterocycles. The maximum absolute atomic E-state index is 13.4. The number of aromatic nitrogens is 5. The normalized spacial score (nSPS) is 15.9. The molecule has 1 amide bonds. The Morgan fingerprint density at radius 1 is 1.15 bits per heavy atom. The summed E-state index contributed by atoms with van der Waals surface area (Å²) in [7, 11) is 0. The van der Waals surface area contributed by atoms with Gasteiger partial charge < -0.3 is 14.7 Å². The Morgan fingerprint density at radius 3 is 2.46 bits per heavy atom. The van der Waals surface area contributed by atoms with E-state index >= 15 is 0 Å². The van der Waals surface area contributed by atoms with Crippen molar-refractivity contribution < 1.29 is 27.8 Å². The highest BCUT2D eigenvalue weighted by Gasteiger charge is 2.36. The molecule has 1 aromatic carbocycles. The van der Waals surface area contributed by atoms with Gasteiger partial charge in [0, 0.05) is 19.3 Å². The number of rotatable bonds is 4. The molecule has 0 saturated carbocycles. The number of fused-ring (bicyclic) bond motifs is 1. The van der Waals surface area contributed by atoms with E-state index in [0.717, 1.165) is 17.1 Å². The number of ether oxygens (including phenoxy) is 1. The van der Waals surface area contributed by atoms with Gasteiger partial charge in [-0.2, -0.15) is 18.3 Å². The Bertz CT molecular complexity index is 1660. The first-order chi connectivity index (χ1) is 19.1. The number of halogens is 4. The minimum Gasteiger partial charge on any atom is -0.444 e. The molecule has 218 valence electrons. The highest BCUT2D eigenvalue weighted by atomic mass is 35.5. The van der Waals surface area contributed by atoms with Crippen molar-refractivity contribution >= 4 is 28.7 Å². The van der Waals surface area contributed by atoms with Gasteiger partial charge in [-0.15, -0.1) is 0 Å². The highest BCUT2D eigenvalue weighted by Crippen LogP contribution is 2.31. The van der Waals surface area contributed by atoms with Crippen LogP contribution in [-0.4, -0.2) is 64.3 Å². The van der Waals surface area contributed by atoms with Gasteiger partial charge >= 0.3 is 12.3 Å². The van der Waals surface area contributed by atoms with Crippen LogP contribution in [0.3, 0.4) is 0 Å². The molecule has 1 fully saturated rings. The number of piperidine rings is 1. The molecule has 0 atom stereocenters. The lowest BCUT2D eigenvalue weighted by Gasteiger charge is -2.38. The van der Waals surface area contributed by atoms with Gasteiger partial charge in [-0.3, -0.25) is 13.9 Å². The van der Waals surface area contributed by atoms with Gasteiger partial charge in [0.1, 0.15) is 17.1 Å². The fraction of sp³-hybridized carbons (Fsp3) is 0.407. The molecular weight excluding hydrogens is 565 g/mol. The van der Waals surface area contributed by atoms with Crippen LogP contribution in [0.1, 0.15) is 39.2 Å². The smallest absolute Gasteiger partial charge is 0.419 e. The van der Waals surface area contributed by atoms with Crippen LogP contribution in [0.5, 0.6) is 0 Å². The van der Waals surface area contributed by atoms with E-state index in [1.807, 2.05) is 0 Å².